The van der Waals surface area contributed by atoms with E-state index in [-0.39, 0.29) is 16.3 Å². The number of carbonyl (C=O) groups is 1. The Morgan fingerprint density at radius 1 is 0.879 bits per heavy atom. The number of aliphatic hydroxyl groups excluding tert-OH is 1. The van der Waals surface area contributed by atoms with Crippen molar-refractivity contribution >= 4 is 27.5 Å². The Morgan fingerprint density at radius 3 is 1.97 bits per heavy atom. The fourth-order valence-corrected chi connectivity index (χ4v) is 5.97. The fourth-order valence-electron chi connectivity index (χ4n) is 3.92. The van der Waals surface area contributed by atoms with Crippen LogP contribution in [0.25, 0.3) is 0 Å². The van der Waals surface area contributed by atoms with Crippen LogP contribution in [0, 0.1) is 13.8 Å². The highest BCUT2D eigenvalue weighted by Gasteiger charge is 2.46. The summed E-state index contributed by atoms with van der Waals surface area (Å²) in [6.45, 7) is 4.01. The van der Waals surface area contributed by atoms with Gasteiger partial charge in [-0.1, -0.05) is 59.7 Å². The average Bonchev–Trinajstić information content (AvgIpc) is 3.06. The van der Waals surface area contributed by atoms with Gasteiger partial charge in [-0.2, -0.15) is 0 Å². The number of nitrogens with zero attached hydrogens (tertiary/aromatic N) is 1. The largest absolute Gasteiger partial charge is 0.502 e. The first-order valence-electron chi connectivity index (χ1n) is 10.5. The maximum absolute atomic E-state index is 13.7. The van der Waals surface area contributed by atoms with Crippen LogP contribution in [0.2, 0.25) is 0 Å². The Kier molecular flexibility index (Phi) is 6.36. The molecule has 170 valence electrons. The summed E-state index contributed by atoms with van der Waals surface area (Å²) in [7, 11) is -4.12. The summed E-state index contributed by atoms with van der Waals surface area (Å²) in [4.78, 5) is 15.4. The van der Waals surface area contributed by atoms with Gasteiger partial charge >= 0.3 is 0 Å². The van der Waals surface area contributed by atoms with Crippen LogP contribution in [0.5, 0.6) is 0 Å². The zero-order valence-corrected chi connectivity index (χ0v) is 20.3. The topological polar surface area (TPSA) is 74.7 Å². The van der Waals surface area contributed by atoms with Crippen LogP contribution in [0.4, 0.5) is 0 Å². The molecule has 5 nitrogen and oxygen atoms in total. The normalized spacial score (nSPS) is 16.5. The summed E-state index contributed by atoms with van der Waals surface area (Å²) < 4.78 is 27.3. The van der Waals surface area contributed by atoms with E-state index in [0.29, 0.717) is 5.56 Å². The average molecular weight is 480 g/mol. The molecule has 4 rings (SSSR count). The van der Waals surface area contributed by atoms with Crippen LogP contribution < -0.4 is 0 Å². The molecule has 0 spiro atoms. The fraction of sp³-hybridized carbons (Fsp3) is 0.192. The van der Waals surface area contributed by atoms with Gasteiger partial charge in [-0.3, -0.25) is 4.79 Å². The summed E-state index contributed by atoms with van der Waals surface area (Å²) in [5, 5.41) is 10.8. The number of carbonyl (C=O) groups excluding carboxylic acids is 1. The van der Waals surface area contributed by atoms with Gasteiger partial charge in [0.15, 0.2) is 5.76 Å². The van der Waals surface area contributed by atoms with E-state index in [1.165, 1.54) is 17.0 Å². The predicted molar refractivity (Wildman–Crippen MR) is 131 cm³/mol. The van der Waals surface area contributed by atoms with E-state index < -0.39 is 27.5 Å². The van der Waals surface area contributed by atoms with Crippen LogP contribution in [0.1, 0.15) is 28.3 Å². The number of sulfone groups is 1. The summed E-state index contributed by atoms with van der Waals surface area (Å²) >= 11 is 1.57. The van der Waals surface area contributed by atoms with Gasteiger partial charge in [0.25, 0.3) is 5.91 Å². The highest BCUT2D eigenvalue weighted by atomic mass is 32.2. The predicted octanol–water partition coefficient (Wildman–Crippen LogP) is 5.35. The van der Waals surface area contributed by atoms with E-state index >= 15 is 0 Å². The zero-order valence-electron chi connectivity index (χ0n) is 18.6. The van der Waals surface area contributed by atoms with Gasteiger partial charge in [0, 0.05) is 11.4 Å². The molecular formula is C26H25NO4S2. The van der Waals surface area contributed by atoms with Crippen molar-refractivity contribution in [2.45, 2.75) is 36.2 Å². The van der Waals surface area contributed by atoms with Crippen molar-refractivity contribution in [3.63, 3.8) is 0 Å². The van der Waals surface area contributed by atoms with Crippen molar-refractivity contribution in [3.05, 3.63) is 106 Å². The lowest BCUT2D eigenvalue weighted by molar-refractivity contribution is -0.130. The molecule has 7 heteroatoms. The first kappa shape index (κ1) is 23.1. The van der Waals surface area contributed by atoms with E-state index in [1.54, 1.807) is 23.9 Å². The summed E-state index contributed by atoms with van der Waals surface area (Å²) in [5.74, 6) is -1.41. The summed E-state index contributed by atoms with van der Waals surface area (Å²) in [6.07, 6.45) is 1.96. The molecular weight excluding hydrogens is 454 g/mol. The quantitative estimate of drug-likeness (QED) is 0.482. The molecule has 0 fully saturated rings. The molecule has 1 aliphatic heterocycles. The van der Waals surface area contributed by atoms with Crippen LogP contribution in [0.3, 0.4) is 0 Å². The monoisotopic (exact) mass is 479 g/mol. The first-order chi connectivity index (χ1) is 15.7. The van der Waals surface area contributed by atoms with Crippen molar-refractivity contribution in [1.82, 2.24) is 4.90 Å². The number of aryl methyl sites for hydroxylation is 2. The van der Waals surface area contributed by atoms with Gasteiger partial charge in [0.2, 0.25) is 9.84 Å². The van der Waals surface area contributed by atoms with E-state index in [9.17, 15) is 18.3 Å². The number of rotatable bonds is 6. The lowest BCUT2D eigenvalue weighted by Gasteiger charge is -2.27. The molecule has 0 bridgehead atoms. The van der Waals surface area contributed by atoms with Gasteiger partial charge in [0.05, 0.1) is 10.9 Å². The van der Waals surface area contributed by atoms with Crippen molar-refractivity contribution in [2.24, 2.45) is 0 Å². The summed E-state index contributed by atoms with van der Waals surface area (Å²) in [5.41, 5.74) is 3.48. The number of thioether (sulfide) groups is 1. The number of benzene rings is 3. The van der Waals surface area contributed by atoms with Crippen LogP contribution in [-0.4, -0.2) is 30.6 Å². The molecule has 0 aromatic heterocycles. The lowest BCUT2D eigenvalue weighted by Crippen LogP contribution is -2.30. The Hall–Kier alpha value is -3.03. The molecule has 1 aliphatic rings. The Morgan fingerprint density at radius 2 is 1.42 bits per heavy atom. The molecule has 1 amide bonds. The van der Waals surface area contributed by atoms with Gasteiger partial charge < -0.3 is 10.0 Å². The third-order valence-corrected chi connectivity index (χ3v) is 8.41. The van der Waals surface area contributed by atoms with E-state index in [2.05, 4.69) is 0 Å². The van der Waals surface area contributed by atoms with Gasteiger partial charge in [-0.05, 0) is 55.5 Å². The van der Waals surface area contributed by atoms with Crippen molar-refractivity contribution in [2.75, 3.05) is 6.26 Å². The molecule has 0 saturated carbocycles. The molecule has 33 heavy (non-hydrogen) atoms. The molecule has 3 aromatic rings. The number of hydrogen-bond acceptors (Lipinski definition) is 5. The number of amides is 1. The zero-order chi connectivity index (χ0) is 23.8. The number of hydrogen-bond donors (Lipinski definition) is 1. The van der Waals surface area contributed by atoms with E-state index in [4.69, 9.17) is 0 Å². The Balaban J connectivity index is 1.84. The van der Waals surface area contributed by atoms with Crippen molar-refractivity contribution in [1.29, 1.82) is 0 Å². The van der Waals surface area contributed by atoms with Gasteiger partial charge in [0.1, 0.15) is 4.91 Å². The van der Waals surface area contributed by atoms with Gasteiger partial charge in [-0.15, -0.1) is 11.8 Å². The molecule has 0 unspecified atom stereocenters. The standard InChI is InChI=1S/C26H25NO4S2/c1-17-4-8-19(9-5-17)16-27-23(20-10-12-21(32-3)13-11-20)25(24(28)26(27)29)33(30,31)22-14-6-18(2)7-15-22/h4-15,23,28H,16H2,1-3H3/t23-/m1/s1. The maximum Gasteiger partial charge on any atom is 0.290 e. The molecule has 1 heterocycles. The molecule has 0 aliphatic carbocycles. The lowest BCUT2D eigenvalue weighted by atomic mass is 10.1. The molecule has 0 saturated heterocycles. The second-order valence-electron chi connectivity index (χ2n) is 8.12. The van der Waals surface area contributed by atoms with E-state index in [0.717, 1.165) is 21.6 Å². The highest BCUT2D eigenvalue weighted by molar-refractivity contribution is 7.98. The third kappa shape index (κ3) is 4.43. The third-order valence-electron chi connectivity index (χ3n) is 5.78. The smallest absolute Gasteiger partial charge is 0.290 e. The minimum absolute atomic E-state index is 0.0466. The van der Waals surface area contributed by atoms with Crippen molar-refractivity contribution < 1.29 is 18.3 Å². The first-order valence-corrected chi connectivity index (χ1v) is 13.2. The molecule has 0 radical (unpaired) electrons. The summed E-state index contributed by atoms with van der Waals surface area (Å²) in [6, 6.07) is 20.6. The second-order valence-corrected chi connectivity index (χ2v) is 10.9. The second kappa shape index (κ2) is 9.08. The molecule has 3 aromatic carbocycles. The Labute approximate surface area is 198 Å². The molecule has 1 atom stereocenters. The van der Waals surface area contributed by atoms with Crippen LogP contribution in [0.15, 0.2) is 93.3 Å². The van der Waals surface area contributed by atoms with Crippen LogP contribution in [-0.2, 0) is 21.2 Å². The highest BCUT2D eigenvalue weighted by Crippen LogP contribution is 2.43. The Bertz CT molecular complexity index is 1310. The van der Waals surface area contributed by atoms with Crippen molar-refractivity contribution in [3.8, 4) is 0 Å². The SMILES string of the molecule is CSc1ccc([C@@H]2C(S(=O)(=O)c3ccc(C)cc3)=C(O)C(=O)N2Cc2ccc(C)cc2)cc1. The number of aliphatic hydroxyl groups is 1. The minimum Gasteiger partial charge on any atom is -0.502 e. The van der Waals surface area contributed by atoms with Gasteiger partial charge in [-0.25, -0.2) is 8.42 Å². The van der Waals surface area contributed by atoms with Crippen LogP contribution >= 0.6 is 11.8 Å². The molecule has 1 N–H and O–H groups in total. The minimum atomic E-state index is -4.12. The maximum atomic E-state index is 13.7. The van der Waals surface area contributed by atoms with E-state index in [1.807, 2.05) is 68.6 Å².